The molecule has 0 saturated heterocycles. The van der Waals surface area contributed by atoms with Gasteiger partial charge in [-0.1, -0.05) is 24.3 Å². The van der Waals surface area contributed by atoms with Gasteiger partial charge in [0.1, 0.15) is 11.4 Å². The molecule has 1 fully saturated rings. The van der Waals surface area contributed by atoms with Crippen molar-refractivity contribution < 1.29 is 44.1 Å². The second kappa shape index (κ2) is 8.85. The van der Waals surface area contributed by atoms with Crippen molar-refractivity contribution in [1.82, 2.24) is 10.6 Å². The van der Waals surface area contributed by atoms with Crippen LogP contribution < -0.4 is 14.8 Å². The summed E-state index contributed by atoms with van der Waals surface area (Å²) in [4.78, 5) is 23.7. The zero-order chi connectivity index (χ0) is 25.5. The van der Waals surface area contributed by atoms with Gasteiger partial charge >= 0.3 is 22.2 Å². The molecule has 13 heteroatoms. The largest absolute Gasteiger partial charge is 0.471 e. The van der Waals surface area contributed by atoms with Crippen molar-refractivity contribution in [2.24, 2.45) is 0 Å². The minimum absolute atomic E-state index is 0.00250. The van der Waals surface area contributed by atoms with Crippen LogP contribution in [-0.2, 0) is 19.7 Å². The maximum atomic E-state index is 14.9. The molecular weight excluding hydrogens is 487 g/mol. The first kappa shape index (κ1) is 25.4. The molecule has 0 unspecified atom stereocenters. The molecule has 0 radical (unpaired) electrons. The quantitative estimate of drug-likeness (QED) is 0.443. The molecule has 7 nitrogen and oxygen atoms in total. The van der Waals surface area contributed by atoms with Crippen molar-refractivity contribution in [3.05, 3.63) is 53.6 Å². The lowest BCUT2D eigenvalue weighted by molar-refractivity contribution is -0.175. The molecular formula is C21H19F5N2O5S. The van der Waals surface area contributed by atoms with E-state index in [0.717, 1.165) is 18.4 Å². The highest BCUT2D eigenvalue weighted by atomic mass is 32.2. The van der Waals surface area contributed by atoms with E-state index in [1.54, 1.807) is 5.32 Å². The highest BCUT2D eigenvalue weighted by Gasteiger charge is 2.55. The molecule has 2 aromatic carbocycles. The molecule has 2 N–H and O–H groups in total. The van der Waals surface area contributed by atoms with Crippen LogP contribution >= 0.6 is 0 Å². The van der Waals surface area contributed by atoms with Crippen LogP contribution in [0, 0.1) is 11.6 Å². The van der Waals surface area contributed by atoms with E-state index in [0.29, 0.717) is 0 Å². The van der Waals surface area contributed by atoms with Gasteiger partial charge in [0, 0.05) is 11.1 Å². The molecule has 1 saturated carbocycles. The van der Waals surface area contributed by atoms with Crippen molar-refractivity contribution in [2.75, 3.05) is 6.26 Å². The van der Waals surface area contributed by atoms with Crippen molar-refractivity contribution in [3.63, 3.8) is 0 Å². The minimum atomic E-state index is -5.15. The Balaban J connectivity index is 1.81. The zero-order valence-corrected chi connectivity index (χ0v) is 18.6. The topological polar surface area (TPSA) is 102 Å². The lowest BCUT2D eigenvalue weighted by Gasteiger charge is -2.22. The van der Waals surface area contributed by atoms with Crippen molar-refractivity contribution in [1.29, 1.82) is 0 Å². The first-order chi connectivity index (χ1) is 15.6. The number of carbonyl (C=O) groups excluding carboxylic acids is 2. The molecule has 0 aliphatic heterocycles. The SMILES string of the molecule is C[C@@H](NC(=O)C1(NC(=O)C(F)(F)F)CC1)c1ccc(-c2cccc(F)c2OS(C)(=O)=O)cc1F. The van der Waals surface area contributed by atoms with Crippen LogP contribution in [0.2, 0.25) is 0 Å². The number of rotatable bonds is 7. The van der Waals surface area contributed by atoms with Crippen molar-refractivity contribution in [3.8, 4) is 16.9 Å². The van der Waals surface area contributed by atoms with E-state index in [1.807, 2.05) is 0 Å². The number of alkyl halides is 3. The van der Waals surface area contributed by atoms with E-state index in [2.05, 4.69) is 5.32 Å². The molecule has 184 valence electrons. The normalized spacial score (nSPS) is 15.9. The van der Waals surface area contributed by atoms with E-state index in [-0.39, 0.29) is 29.5 Å². The van der Waals surface area contributed by atoms with Crippen LogP contribution in [0.4, 0.5) is 22.0 Å². The first-order valence-corrected chi connectivity index (χ1v) is 11.6. The maximum Gasteiger partial charge on any atom is 0.471 e. The molecule has 0 heterocycles. The average Bonchev–Trinajstić information content (AvgIpc) is 3.48. The molecule has 2 amide bonds. The van der Waals surface area contributed by atoms with Gasteiger partial charge in [0.2, 0.25) is 5.91 Å². The number of hydrogen-bond donors (Lipinski definition) is 2. The second-order valence-corrected chi connectivity index (χ2v) is 9.44. The van der Waals surface area contributed by atoms with E-state index < -0.39 is 57.1 Å². The van der Waals surface area contributed by atoms with Gasteiger partial charge in [-0.25, -0.2) is 8.78 Å². The van der Waals surface area contributed by atoms with Gasteiger partial charge in [-0.15, -0.1) is 0 Å². The minimum Gasteiger partial charge on any atom is -0.379 e. The lowest BCUT2D eigenvalue weighted by Crippen LogP contribution is -2.53. The molecule has 34 heavy (non-hydrogen) atoms. The van der Waals surface area contributed by atoms with Gasteiger partial charge in [-0.05, 0) is 37.5 Å². The number of hydrogen-bond acceptors (Lipinski definition) is 5. The average molecular weight is 506 g/mol. The molecule has 0 aromatic heterocycles. The summed E-state index contributed by atoms with van der Waals surface area (Å²) in [6, 6.07) is 6.13. The Hall–Kier alpha value is -3.22. The van der Waals surface area contributed by atoms with Crippen LogP contribution in [0.3, 0.4) is 0 Å². The third-order valence-electron chi connectivity index (χ3n) is 5.12. The molecule has 2 aromatic rings. The molecule has 3 rings (SSSR count). The monoisotopic (exact) mass is 506 g/mol. The van der Waals surface area contributed by atoms with E-state index in [1.165, 1.54) is 31.2 Å². The third-order valence-corrected chi connectivity index (χ3v) is 5.59. The number of halogens is 5. The Morgan fingerprint density at radius 1 is 1.09 bits per heavy atom. The van der Waals surface area contributed by atoms with E-state index in [9.17, 15) is 40.0 Å². The van der Waals surface area contributed by atoms with Gasteiger partial charge in [0.15, 0.2) is 11.6 Å². The first-order valence-electron chi connectivity index (χ1n) is 9.81. The van der Waals surface area contributed by atoms with Crippen molar-refractivity contribution in [2.45, 2.75) is 37.5 Å². The Morgan fingerprint density at radius 3 is 2.26 bits per heavy atom. The van der Waals surface area contributed by atoms with Crippen LogP contribution in [0.25, 0.3) is 11.1 Å². The Labute approximate surface area is 191 Å². The van der Waals surface area contributed by atoms with E-state index in [4.69, 9.17) is 4.18 Å². The summed E-state index contributed by atoms with van der Waals surface area (Å²) >= 11 is 0. The summed E-state index contributed by atoms with van der Waals surface area (Å²) in [5.74, 6) is -5.59. The summed E-state index contributed by atoms with van der Waals surface area (Å²) in [6.07, 6.45) is -4.43. The molecule has 1 aliphatic carbocycles. The van der Waals surface area contributed by atoms with Gasteiger partial charge < -0.3 is 14.8 Å². The number of amides is 2. The molecule has 0 bridgehead atoms. The summed E-state index contributed by atoms with van der Waals surface area (Å²) < 4.78 is 94.2. The summed E-state index contributed by atoms with van der Waals surface area (Å²) in [5, 5.41) is 4.05. The summed E-state index contributed by atoms with van der Waals surface area (Å²) in [7, 11) is -4.08. The summed E-state index contributed by atoms with van der Waals surface area (Å²) in [6.45, 7) is 1.39. The fourth-order valence-electron chi connectivity index (χ4n) is 3.25. The van der Waals surface area contributed by atoms with Crippen LogP contribution in [0.1, 0.15) is 31.4 Å². The van der Waals surface area contributed by atoms with Crippen LogP contribution in [0.15, 0.2) is 36.4 Å². The van der Waals surface area contributed by atoms with Crippen LogP contribution in [0.5, 0.6) is 5.75 Å². The third kappa shape index (κ3) is 5.64. The number of para-hydroxylation sites is 1. The Kier molecular flexibility index (Phi) is 6.62. The predicted molar refractivity (Wildman–Crippen MR) is 110 cm³/mol. The highest BCUT2D eigenvalue weighted by molar-refractivity contribution is 7.86. The standard InChI is InChI=1S/C21H19F5N2O5S/c1-11(27-18(29)20(8-9-20)28-19(30)21(24,25)26)13-7-6-12(10-16(13)23)14-4-3-5-15(22)17(14)33-34(2,31)32/h3-7,10-11H,8-9H2,1-2H3,(H,27,29)(H,28,30)/t11-/m1/s1. The van der Waals surface area contributed by atoms with Crippen LogP contribution in [-0.4, -0.2) is 38.2 Å². The van der Waals surface area contributed by atoms with Gasteiger partial charge in [0.25, 0.3) is 0 Å². The number of benzene rings is 2. The fourth-order valence-corrected chi connectivity index (χ4v) is 3.72. The number of nitrogens with one attached hydrogen (secondary N) is 2. The van der Waals surface area contributed by atoms with Gasteiger partial charge in [-0.3, -0.25) is 9.59 Å². The molecule has 0 spiro atoms. The predicted octanol–water partition coefficient (Wildman–Crippen LogP) is 3.36. The lowest BCUT2D eigenvalue weighted by atomic mass is 9.99. The Bertz CT molecular complexity index is 1240. The molecule has 1 aliphatic rings. The fraction of sp³-hybridized carbons (Fsp3) is 0.333. The molecule has 1 atom stereocenters. The van der Waals surface area contributed by atoms with E-state index >= 15 is 0 Å². The number of carbonyl (C=O) groups is 2. The van der Waals surface area contributed by atoms with Crippen molar-refractivity contribution >= 4 is 21.9 Å². The second-order valence-electron chi connectivity index (χ2n) is 7.87. The highest BCUT2D eigenvalue weighted by Crippen LogP contribution is 2.38. The zero-order valence-electron chi connectivity index (χ0n) is 17.8. The maximum absolute atomic E-state index is 14.9. The smallest absolute Gasteiger partial charge is 0.379 e. The van der Waals surface area contributed by atoms with Gasteiger partial charge in [0.05, 0.1) is 12.3 Å². The summed E-state index contributed by atoms with van der Waals surface area (Å²) in [5.41, 5.74) is -1.72. The Morgan fingerprint density at radius 2 is 1.74 bits per heavy atom. The van der Waals surface area contributed by atoms with Gasteiger partial charge in [-0.2, -0.15) is 21.6 Å².